The molecule has 0 aromatic heterocycles. The number of halogens is 4. The lowest BCUT2D eigenvalue weighted by molar-refractivity contribution is 0.436. The fraction of sp³-hybridized carbons (Fsp3) is 0.500. The summed E-state index contributed by atoms with van der Waals surface area (Å²) in [5.74, 6) is -0.759. The van der Waals surface area contributed by atoms with Gasteiger partial charge in [-0.3, -0.25) is 0 Å². The normalized spacial score (nSPS) is 17.8. The highest BCUT2D eigenvalue weighted by Gasteiger charge is 2.24. The van der Waals surface area contributed by atoms with Crippen molar-refractivity contribution in [3.8, 4) is 0 Å². The van der Waals surface area contributed by atoms with Crippen molar-refractivity contribution in [2.24, 2.45) is 0 Å². The van der Waals surface area contributed by atoms with Crippen LogP contribution in [0.5, 0.6) is 0 Å². The minimum atomic E-state index is -0.513. The van der Waals surface area contributed by atoms with Gasteiger partial charge in [-0.1, -0.05) is 19.3 Å². The standard InChI is InChI=1S/C12H12Br2F2/c13-11-8(15)6-9(16)12(14)10(11)7-4-2-1-3-5-7/h6-7H,1-5H2. The second-order valence-corrected chi connectivity index (χ2v) is 5.80. The quantitative estimate of drug-likeness (QED) is 0.581. The molecule has 0 nitrogen and oxygen atoms in total. The van der Waals surface area contributed by atoms with Crippen LogP contribution in [-0.2, 0) is 0 Å². The van der Waals surface area contributed by atoms with Crippen LogP contribution in [-0.4, -0.2) is 0 Å². The van der Waals surface area contributed by atoms with Crippen LogP contribution in [0.15, 0.2) is 15.0 Å². The van der Waals surface area contributed by atoms with Crippen molar-refractivity contribution in [3.63, 3.8) is 0 Å². The first kappa shape index (κ1) is 12.5. The third-order valence-electron chi connectivity index (χ3n) is 3.16. The molecule has 4 heteroatoms. The van der Waals surface area contributed by atoms with Gasteiger partial charge in [0.15, 0.2) is 0 Å². The highest BCUT2D eigenvalue weighted by molar-refractivity contribution is 9.11. The van der Waals surface area contributed by atoms with Crippen molar-refractivity contribution in [2.75, 3.05) is 0 Å². The smallest absolute Gasteiger partial charge is 0.140 e. The molecule has 1 aliphatic carbocycles. The Morgan fingerprint density at radius 3 is 1.94 bits per heavy atom. The van der Waals surface area contributed by atoms with E-state index in [9.17, 15) is 8.78 Å². The van der Waals surface area contributed by atoms with Gasteiger partial charge >= 0.3 is 0 Å². The Morgan fingerprint density at radius 1 is 0.938 bits per heavy atom. The van der Waals surface area contributed by atoms with E-state index in [1.54, 1.807) is 0 Å². The molecule has 0 saturated heterocycles. The van der Waals surface area contributed by atoms with Crippen LogP contribution in [0.4, 0.5) is 8.78 Å². The maximum Gasteiger partial charge on any atom is 0.140 e. The molecule has 0 spiro atoms. The summed E-state index contributed by atoms with van der Waals surface area (Å²) in [6.45, 7) is 0. The summed E-state index contributed by atoms with van der Waals surface area (Å²) in [7, 11) is 0. The van der Waals surface area contributed by atoms with E-state index in [0.29, 0.717) is 8.95 Å². The van der Waals surface area contributed by atoms with Crippen molar-refractivity contribution in [3.05, 3.63) is 32.2 Å². The first-order chi connectivity index (χ1) is 7.61. The Bertz CT molecular complexity index is 372. The van der Waals surface area contributed by atoms with Gasteiger partial charge in [0.05, 0.1) is 8.95 Å². The number of hydrogen-bond acceptors (Lipinski definition) is 0. The molecule has 0 radical (unpaired) electrons. The van der Waals surface area contributed by atoms with Gasteiger partial charge in [0.25, 0.3) is 0 Å². The van der Waals surface area contributed by atoms with E-state index in [4.69, 9.17) is 0 Å². The molecule has 0 N–H and O–H groups in total. The average Bonchev–Trinajstić information content (AvgIpc) is 2.28. The summed E-state index contributed by atoms with van der Waals surface area (Å²) < 4.78 is 27.8. The van der Waals surface area contributed by atoms with Gasteiger partial charge in [0.2, 0.25) is 0 Å². The van der Waals surface area contributed by atoms with E-state index in [1.165, 1.54) is 6.42 Å². The maximum absolute atomic E-state index is 13.5. The number of rotatable bonds is 1. The van der Waals surface area contributed by atoms with Crippen LogP contribution >= 0.6 is 31.9 Å². The molecule has 0 bridgehead atoms. The Balaban J connectivity index is 2.45. The third-order valence-corrected chi connectivity index (χ3v) is 4.77. The van der Waals surface area contributed by atoms with E-state index >= 15 is 0 Å². The van der Waals surface area contributed by atoms with Crippen molar-refractivity contribution in [2.45, 2.75) is 38.0 Å². The molecule has 2 rings (SSSR count). The zero-order valence-electron chi connectivity index (χ0n) is 8.70. The summed E-state index contributed by atoms with van der Waals surface area (Å²) in [5.41, 5.74) is 0.761. The van der Waals surface area contributed by atoms with Gasteiger partial charge in [-0.2, -0.15) is 0 Å². The molecular weight excluding hydrogens is 342 g/mol. The zero-order valence-corrected chi connectivity index (χ0v) is 11.9. The van der Waals surface area contributed by atoms with Crippen molar-refractivity contribution >= 4 is 31.9 Å². The minimum Gasteiger partial charge on any atom is -0.206 e. The number of hydrogen-bond donors (Lipinski definition) is 0. The van der Waals surface area contributed by atoms with E-state index in [2.05, 4.69) is 31.9 Å². The molecule has 0 amide bonds. The Hall–Kier alpha value is 0.0400. The van der Waals surface area contributed by atoms with Crippen LogP contribution in [0.2, 0.25) is 0 Å². The van der Waals surface area contributed by atoms with Crippen molar-refractivity contribution in [1.82, 2.24) is 0 Å². The first-order valence-electron chi connectivity index (χ1n) is 5.44. The highest BCUT2D eigenvalue weighted by atomic mass is 79.9. The Morgan fingerprint density at radius 2 is 1.44 bits per heavy atom. The molecule has 88 valence electrons. The van der Waals surface area contributed by atoms with Gasteiger partial charge < -0.3 is 0 Å². The van der Waals surface area contributed by atoms with Gasteiger partial charge in [0.1, 0.15) is 11.6 Å². The van der Waals surface area contributed by atoms with Crippen LogP contribution in [0.1, 0.15) is 43.6 Å². The van der Waals surface area contributed by atoms with Crippen LogP contribution in [0, 0.1) is 11.6 Å². The second-order valence-electron chi connectivity index (χ2n) is 4.22. The van der Waals surface area contributed by atoms with E-state index in [0.717, 1.165) is 37.3 Å². The molecule has 0 aliphatic heterocycles. The summed E-state index contributed by atoms with van der Waals surface area (Å²) in [4.78, 5) is 0. The van der Waals surface area contributed by atoms with Crippen molar-refractivity contribution < 1.29 is 8.78 Å². The van der Waals surface area contributed by atoms with E-state index in [-0.39, 0.29) is 5.92 Å². The van der Waals surface area contributed by atoms with E-state index < -0.39 is 11.6 Å². The summed E-state index contributed by atoms with van der Waals surface area (Å²) >= 11 is 6.46. The molecule has 0 atom stereocenters. The third kappa shape index (κ3) is 2.33. The summed E-state index contributed by atoms with van der Waals surface area (Å²) in [6, 6.07) is 0.917. The van der Waals surface area contributed by atoms with Gasteiger partial charge in [-0.05, 0) is 56.2 Å². The largest absolute Gasteiger partial charge is 0.206 e. The Kier molecular flexibility index (Phi) is 4.01. The van der Waals surface area contributed by atoms with Crippen LogP contribution in [0.3, 0.4) is 0 Å². The van der Waals surface area contributed by atoms with Crippen LogP contribution < -0.4 is 0 Å². The van der Waals surface area contributed by atoms with Crippen LogP contribution in [0.25, 0.3) is 0 Å². The summed E-state index contributed by atoms with van der Waals surface area (Å²) in [6.07, 6.45) is 5.53. The molecular formula is C12H12Br2F2. The topological polar surface area (TPSA) is 0 Å². The first-order valence-corrected chi connectivity index (χ1v) is 7.02. The molecule has 0 heterocycles. The Labute approximate surface area is 111 Å². The number of benzene rings is 1. The maximum atomic E-state index is 13.5. The fourth-order valence-corrected chi connectivity index (χ4v) is 3.88. The van der Waals surface area contributed by atoms with Gasteiger partial charge in [-0.25, -0.2) is 8.78 Å². The molecule has 1 fully saturated rings. The lowest BCUT2D eigenvalue weighted by Crippen LogP contribution is -2.08. The molecule has 16 heavy (non-hydrogen) atoms. The molecule has 1 aromatic rings. The zero-order chi connectivity index (χ0) is 11.7. The molecule has 1 aromatic carbocycles. The molecule has 0 unspecified atom stereocenters. The lowest BCUT2D eigenvalue weighted by atomic mass is 9.84. The molecule has 1 aliphatic rings. The fourth-order valence-electron chi connectivity index (χ4n) is 2.34. The SMILES string of the molecule is Fc1cc(F)c(Br)c(C2CCCCC2)c1Br. The van der Waals surface area contributed by atoms with Gasteiger partial charge in [-0.15, -0.1) is 0 Å². The predicted octanol–water partition coefficient (Wildman–Crippen LogP) is 5.54. The van der Waals surface area contributed by atoms with Crippen molar-refractivity contribution in [1.29, 1.82) is 0 Å². The highest BCUT2D eigenvalue weighted by Crippen LogP contribution is 2.42. The summed E-state index contributed by atoms with van der Waals surface area (Å²) in [5, 5.41) is 0. The second kappa shape index (κ2) is 5.13. The average molecular weight is 354 g/mol. The monoisotopic (exact) mass is 352 g/mol. The van der Waals surface area contributed by atoms with Gasteiger partial charge in [0, 0.05) is 6.07 Å². The molecule has 1 saturated carbocycles. The minimum absolute atomic E-state index is 0.266. The predicted molar refractivity (Wildman–Crippen MR) is 67.6 cm³/mol. The lowest BCUT2D eigenvalue weighted by Gasteiger charge is -2.24. The van der Waals surface area contributed by atoms with E-state index in [1.807, 2.05) is 0 Å².